The summed E-state index contributed by atoms with van der Waals surface area (Å²) < 4.78 is 11.1. The first-order valence-corrected chi connectivity index (χ1v) is 9.61. The van der Waals surface area contributed by atoms with Crippen molar-refractivity contribution in [2.75, 3.05) is 13.1 Å². The number of halogens is 2. The van der Waals surface area contributed by atoms with Crippen molar-refractivity contribution in [2.45, 2.75) is 32.8 Å². The molecule has 1 aromatic heterocycles. The molecular formula is C21H23Cl2N3O2. The first kappa shape index (κ1) is 20.6. The highest BCUT2D eigenvalue weighted by atomic mass is 35.5. The predicted molar refractivity (Wildman–Crippen MR) is 113 cm³/mol. The van der Waals surface area contributed by atoms with Crippen LogP contribution in [0.15, 0.2) is 40.9 Å². The molecule has 0 unspecified atom stereocenters. The normalized spacial score (nSPS) is 13.6. The lowest BCUT2D eigenvalue weighted by atomic mass is 10.00. The molecule has 0 saturated carbocycles. The molecule has 0 fully saturated rings. The zero-order valence-corrected chi connectivity index (χ0v) is 17.4. The smallest absolute Gasteiger partial charge is 0.258 e. The van der Waals surface area contributed by atoms with Gasteiger partial charge in [0.05, 0.1) is 11.1 Å². The molecule has 0 radical (unpaired) electrons. The third-order valence-corrected chi connectivity index (χ3v) is 4.87. The van der Waals surface area contributed by atoms with Crippen molar-refractivity contribution >= 4 is 24.0 Å². The molecule has 148 valence electrons. The van der Waals surface area contributed by atoms with Crippen LogP contribution in [-0.2, 0) is 12.8 Å². The van der Waals surface area contributed by atoms with E-state index in [1.54, 1.807) is 6.07 Å². The van der Waals surface area contributed by atoms with Gasteiger partial charge in [-0.05, 0) is 75.2 Å². The fourth-order valence-electron chi connectivity index (χ4n) is 3.25. The quantitative estimate of drug-likeness (QED) is 0.647. The standard InChI is InChI=1S/C21H22ClN3O2.ClH/c1-13(2)26-19-6-5-17(12-18(19)22)21-24-20(25-27-21)16-4-3-14-7-9-23-10-8-15(14)11-16;/h3-6,11-13,23H,7-10H2,1-2H3;1H. The number of benzene rings is 2. The van der Waals surface area contributed by atoms with Gasteiger partial charge in [0.1, 0.15) is 5.75 Å². The lowest BCUT2D eigenvalue weighted by Crippen LogP contribution is -2.16. The van der Waals surface area contributed by atoms with E-state index in [4.69, 9.17) is 20.9 Å². The summed E-state index contributed by atoms with van der Waals surface area (Å²) in [5.74, 6) is 1.68. The van der Waals surface area contributed by atoms with Crippen LogP contribution in [0, 0.1) is 0 Å². The summed E-state index contributed by atoms with van der Waals surface area (Å²) >= 11 is 6.32. The molecule has 5 nitrogen and oxygen atoms in total. The van der Waals surface area contributed by atoms with E-state index in [0.717, 1.165) is 37.1 Å². The highest BCUT2D eigenvalue weighted by molar-refractivity contribution is 6.32. The van der Waals surface area contributed by atoms with Crippen LogP contribution in [0.2, 0.25) is 5.02 Å². The van der Waals surface area contributed by atoms with E-state index in [9.17, 15) is 0 Å². The van der Waals surface area contributed by atoms with Crippen LogP contribution in [-0.4, -0.2) is 29.3 Å². The molecule has 2 heterocycles. The van der Waals surface area contributed by atoms with Crippen molar-refractivity contribution in [2.24, 2.45) is 0 Å². The minimum absolute atomic E-state index is 0. The van der Waals surface area contributed by atoms with Gasteiger partial charge < -0.3 is 14.6 Å². The van der Waals surface area contributed by atoms with E-state index in [1.807, 2.05) is 26.0 Å². The van der Waals surface area contributed by atoms with Gasteiger partial charge in [0.25, 0.3) is 5.89 Å². The van der Waals surface area contributed by atoms with Crippen LogP contribution in [0.25, 0.3) is 22.8 Å². The summed E-state index contributed by atoms with van der Waals surface area (Å²) in [6, 6.07) is 11.9. The fraction of sp³-hybridized carbons (Fsp3) is 0.333. The fourth-order valence-corrected chi connectivity index (χ4v) is 3.48. The molecule has 7 heteroatoms. The largest absolute Gasteiger partial charge is 0.489 e. The number of nitrogens with zero attached hydrogens (tertiary/aromatic N) is 2. The van der Waals surface area contributed by atoms with Gasteiger partial charge in [0, 0.05) is 11.1 Å². The van der Waals surface area contributed by atoms with Gasteiger partial charge in [0.2, 0.25) is 5.82 Å². The van der Waals surface area contributed by atoms with Crippen molar-refractivity contribution in [3.05, 3.63) is 52.5 Å². The molecular weight excluding hydrogens is 397 g/mol. The van der Waals surface area contributed by atoms with Crippen molar-refractivity contribution in [1.29, 1.82) is 0 Å². The van der Waals surface area contributed by atoms with E-state index in [0.29, 0.717) is 22.5 Å². The maximum Gasteiger partial charge on any atom is 0.258 e. The number of nitrogens with one attached hydrogen (secondary N) is 1. The van der Waals surface area contributed by atoms with Gasteiger partial charge in [-0.15, -0.1) is 12.4 Å². The molecule has 28 heavy (non-hydrogen) atoms. The number of hydrogen-bond donors (Lipinski definition) is 1. The molecule has 0 bridgehead atoms. The zero-order valence-electron chi connectivity index (χ0n) is 15.9. The van der Waals surface area contributed by atoms with Crippen molar-refractivity contribution in [3.8, 4) is 28.6 Å². The molecule has 1 aliphatic heterocycles. The molecule has 1 aliphatic rings. The molecule has 4 rings (SSSR count). The zero-order chi connectivity index (χ0) is 18.8. The SMILES string of the molecule is CC(C)Oc1ccc(-c2nc(-c3ccc4c(c3)CCNCC4)no2)cc1Cl.Cl. The van der Waals surface area contributed by atoms with E-state index in [1.165, 1.54) is 11.1 Å². The summed E-state index contributed by atoms with van der Waals surface area (Å²) in [6.45, 7) is 5.95. The molecule has 0 spiro atoms. The number of hydrogen-bond acceptors (Lipinski definition) is 5. The van der Waals surface area contributed by atoms with Crippen molar-refractivity contribution in [1.82, 2.24) is 15.5 Å². The maximum absolute atomic E-state index is 6.32. The Morgan fingerprint density at radius 3 is 2.54 bits per heavy atom. The van der Waals surface area contributed by atoms with E-state index < -0.39 is 0 Å². The van der Waals surface area contributed by atoms with Gasteiger partial charge in [0.15, 0.2) is 0 Å². The van der Waals surface area contributed by atoms with E-state index in [-0.39, 0.29) is 18.5 Å². The summed E-state index contributed by atoms with van der Waals surface area (Å²) in [5, 5.41) is 8.11. The second-order valence-electron chi connectivity index (χ2n) is 6.97. The van der Waals surface area contributed by atoms with E-state index >= 15 is 0 Å². The second kappa shape index (κ2) is 8.95. The van der Waals surface area contributed by atoms with Crippen molar-refractivity contribution < 1.29 is 9.26 Å². The average Bonchev–Trinajstić information content (AvgIpc) is 3.02. The van der Waals surface area contributed by atoms with E-state index in [2.05, 4.69) is 33.7 Å². The first-order chi connectivity index (χ1) is 13.1. The highest BCUT2D eigenvalue weighted by Crippen LogP contribution is 2.31. The van der Waals surface area contributed by atoms with Gasteiger partial charge in [-0.1, -0.05) is 28.9 Å². The number of fused-ring (bicyclic) bond motifs is 1. The van der Waals surface area contributed by atoms with Gasteiger partial charge in [-0.3, -0.25) is 0 Å². The minimum atomic E-state index is 0. The minimum Gasteiger partial charge on any atom is -0.489 e. The Labute approximate surface area is 175 Å². The topological polar surface area (TPSA) is 60.2 Å². The average molecular weight is 420 g/mol. The third kappa shape index (κ3) is 4.49. The Balaban J connectivity index is 0.00000225. The molecule has 0 atom stereocenters. The molecule has 3 aromatic rings. The lowest BCUT2D eigenvalue weighted by molar-refractivity contribution is 0.242. The summed E-state index contributed by atoms with van der Waals surface area (Å²) in [7, 11) is 0. The Morgan fingerprint density at radius 2 is 1.79 bits per heavy atom. The van der Waals surface area contributed by atoms with Crippen LogP contribution < -0.4 is 10.1 Å². The Kier molecular flexibility index (Phi) is 6.60. The van der Waals surface area contributed by atoms with Gasteiger partial charge in [-0.2, -0.15) is 4.98 Å². The van der Waals surface area contributed by atoms with Crippen molar-refractivity contribution in [3.63, 3.8) is 0 Å². The monoisotopic (exact) mass is 419 g/mol. The molecule has 0 aliphatic carbocycles. The Hall–Kier alpha value is -2.08. The molecule has 1 N–H and O–H groups in total. The molecule has 0 saturated heterocycles. The lowest BCUT2D eigenvalue weighted by Gasteiger charge is -2.11. The van der Waals surface area contributed by atoms with Crippen LogP contribution in [0.5, 0.6) is 5.75 Å². The summed E-state index contributed by atoms with van der Waals surface area (Å²) in [5.41, 5.74) is 4.48. The summed E-state index contributed by atoms with van der Waals surface area (Å²) in [4.78, 5) is 4.56. The number of rotatable bonds is 4. The summed E-state index contributed by atoms with van der Waals surface area (Å²) in [6.07, 6.45) is 2.13. The molecule has 0 amide bonds. The van der Waals surface area contributed by atoms with Gasteiger partial charge >= 0.3 is 0 Å². The van der Waals surface area contributed by atoms with Crippen LogP contribution in [0.3, 0.4) is 0 Å². The highest BCUT2D eigenvalue weighted by Gasteiger charge is 2.15. The Bertz CT molecular complexity index is 957. The Morgan fingerprint density at radius 1 is 1.04 bits per heavy atom. The predicted octanol–water partition coefficient (Wildman–Crippen LogP) is 4.95. The first-order valence-electron chi connectivity index (χ1n) is 9.23. The van der Waals surface area contributed by atoms with Crippen LogP contribution in [0.1, 0.15) is 25.0 Å². The van der Waals surface area contributed by atoms with Crippen LogP contribution in [0.4, 0.5) is 0 Å². The molecule has 2 aromatic carbocycles. The maximum atomic E-state index is 6.32. The third-order valence-electron chi connectivity index (χ3n) is 4.57. The number of ether oxygens (including phenoxy) is 1. The van der Waals surface area contributed by atoms with Gasteiger partial charge in [-0.25, -0.2) is 0 Å². The number of aromatic nitrogens is 2. The second-order valence-corrected chi connectivity index (χ2v) is 7.38. The van der Waals surface area contributed by atoms with Crippen LogP contribution >= 0.6 is 24.0 Å².